The van der Waals surface area contributed by atoms with Gasteiger partial charge in [0.1, 0.15) is 22.4 Å². The number of benzene rings is 2. The SMILES string of the molecule is COc1ccc(NS(=O)(=O)c2cc(NC(=O)[C@@H]3CCCCC(=O)N3)ccc2OC)cc1. The van der Waals surface area contributed by atoms with E-state index in [0.29, 0.717) is 24.3 Å². The van der Waals surface area contributed by atoms with E-state index in [9.17, 15) is 18.0 Å². The highest BCUT2D eigenvalue weighted by Crippen LogP contribution is 2.29. The average molecular weight is 448 g/mol. The molecule has 3 N–H and O–H groups in total. The number of hydrogen-bond donors (Lipinski definition) is 3. The zero-order valence-electron chi connectivity index (χ0n) is 17.3. The molecule has 2 aromatic rings. The first kappa shape index (κ1) is 22.4. The highest BCUT2D eigenvalue weighted by molar-refractivity contribution is 7.92. The molecule has 0 radical (unpaired) electrons. The van der Waals surface area contributed by atoms with Gasteiger partial charge in [-0.2, -0.15) is 0 Å². The summed E-state index contributed by atoms with van der Waals surface area (Å²) in [5.41, 5.74) is 0.623. The van der Waals surface area contributed by atoms with E-state index in [4.69, 9.17) is 9.47 Å². The molecule has 0 saturated carbocycles. The molecule has 0 bridgehead atoms. The molecule has 1 aliphatic rings. The molecular formula is C21H25N3O6S. The van der Waals surface area contributed by atoms with Crippen LogP contribution in [0.1, 0.15) is 25.7 Å². The van der Waals surface area contributed by atoms with Crippen molar-refractivity contribution in [3.63, 3.8) is 0 Å². The highest BCUT2D eigenvalue weighted by atomic mass is 32.2. The number of ether oxygens (including phenoxy) is 2. The molecule has 166 valence electrons. The summed E-state index contributed by atoms with van der Waals surface area (Å²) in [4.78, 5) is 24.2. The van der Waals surface area contributed by atoms with Crippen molar-refractivity contribution in [2.45, 2.75) is 36.6 Å². The molecule has 0 spiro atoms. The second-order valence-electron chi connectivity index (χ2n) is 7.05. The fourth-order valence-electron chi connectivity index (χ4n) is 3.23. The maximum atomic E-state index is 13.0. The van der Waals surface area contributed by atoms with Gasteiger partial charge < -0.3 is 20.1 Å². The lowest BCUT2D eigenvalue weighted by atomic mass is 10.1. The van der Waals surface area contributed by atoms with Gasteiger partial charge in [-0.1, -0.05) is 6.42 Å². The summed E-state index contributed by atoms with van der Waals surface area (Å²) in [5, 5.41) is 5.38. The summed E-state index contributed by atoms with van der Waals surface area (Å²) in [6, 6.07) is 10.1. The number of anilines is 2. The van der Waals surface area contributed by atoms with Gasteiger partial charge in [0.25, 0.3) is 10.0 Å². The van der Waals surface area contributed by atoms with Gasteiger partial charge in [0.05, 0.1) is 14.2 Å². The molecule has 1 atom stereocenters. The summed E-state index contributed by atoms with van der Waals surface area (Å²) in [6.07, 6.45) is 2.41. The first-order valence-electron chi connectivity index (χ1n) is 9.77. The predicted molar refractivity (Wildman–Crippen MR) is 116 cm³/mol. The molecule has 0 aromatic heterocycles. The van der Waals surface area contributed by atoms with Gasteiger partial charge in [0.15, 0.2) is 0 Å². The van der Waals surface area contributed by atoms with Crippen LogP contribution in [0, 0.1) is 0 Å². The molecule has 2 amide bonds. The second-order valence-corrected chi connectivity index (χ2v) is 8.71. The third kappa shape index (κ3) is 5.66. The van der Waals surface area contributed by atoms with Gasteiger partial charge in [-0.3, -0.25) is 14.3 Å². The van der Waals surface area contributed by atoms with Crippen LogP contribution in [-0.2, 0) is 19.6 Å². The topological polar surface area (TPSA) is 123 Å². The molecule has 1 heterocycles. The lowest BCUT2D eigenvalue weighted by Gasteiger charge is -2.17. The third-order valence-corrected chi connectivity index (χ3v) is 6.26. The maximum Gasteiger partial charge on any atom is 0.265 e. The van der Waals surface area contributed by atoms with Crippen molar-refractivity contribution in [3.8, 4) is 11.5 Å². The van der Waals surface area contributed by atoms with E-state index in [2.05, 4.69) is 15.4 Å². The monoisotopic (exact) mass is 447 g/mol. The van der Waals surface area contributed by atoms with Crippen molar-refractivity contribution in [1.29, 1.82) is 0 Å². The van der Waals surface area contributed by atoms with Crippen molar-refractivity contribution in [3.05, 3.63) is 42.5 Å². The summed E-state index contributed by atoms with van der Waals surface area (Å²) >= 11 is 0. The van der Waals surface area contributed by atoms with E-state index in [1.807, 2.05) is 0 Å². The minimum Gasteiger partial charge on any atom is -0.497 e. The van der Waals surface area contributed by atoms with E-state index < -0.39 is 22.0 Å². The van der Waals surface area contributed by atoms with Crippen LogP contribution >= 0.6 is 0 Å². The van der Waals surface area contributed by atoms with Gasteiger partial charge >= 0.3 is 0 Å². The lowest BCUT2D eigenvalue weighted by Crippen LogP contribution is -2.42. The summed E-state index contributed by atoms with van der Waals surface area (Å²) < 4.78 is 38.7. The van der Waals surface area contributed by atoms with Crippen molar-refractivity contribution < 1.29 is 27.5 Å². The molecule has 10 heteroatoms. The molecule has 9 nitrogen and oxygen atoms in total. The molecule has 2 aromatic carbocycles. The Bertz CT molecular complexity index is 1050. The molecular weight excluding hydrogens is 422 g/mol. The van der Waals surface area contributed by atoms with Gasteiger partial charge in [0, 0.05) is 17.8 Å². The van der Waals surface area contributed by atoms with Crippen molar-refractivity contribution in [2.24, 2.45) is 0 Å². The fraction of sp³-hybridized carbons (Fsp3) is 0.333. The van der Waals surface area contributed by atoms with Crippen LogP contribution in [0.25, 0.3) is 0 Å². The van der Waals surface area contributed by atoms with Gasteiger partial charge in [-0.05, 0) is 55.3 Å². The molecule has 1 fully saturated rings. The van der Waals surface area contributed by atoms with Crippen LogP contribution < -0.4 is 24.8 Å². The number of amides is 2. The Morgan fingerprint density at radius 3 is 2.42 bits per heavy atom. The number of nitrogens with one attached hydrogen (secondary N) is 3. The minimum atomic E-state index is -4.01. The number of methoxy groups -OCH3 is 2. The fourth-order valence-corrected chi connectivity index (χ4v) is 4.49. The standard InChI is InChI=1S/C21H25N3O6S/c1-29-16-10-7-14(8-11-16)24-31(27,28)19-13-15(9-12-18(19)30-2)22-21(26)17-5-3-4-6-20(25)23-17/h7-13,17,24H,3-6H2,1-2H3,(H,22,26)(H,23,25)/t17-/m0/s1. The Hall–Kier alpha value is -3.27. The van der Waals surface area contributed by atoms with Gasteiger partial charge in [0.2, 0.25) is 11.8 Å². The van der Waals surface area contributed by atoms with E-state index in [1.165, 1.54) is 26.4 Å². The number of carbonyl (C=O) groups excluding carboxylic acids is 2. The van der Waals surface area contributed by atoms with Crippen molar-refractivity contribution in [2.75, 3.05) is 24.3 Å². The zero-order valence-corrected chi connectivity index (χ0v) is 18.1. The van der Waals surface area contributed by atoms with Crippen LogP contribution in [0.5, 0.6) is 11.5 Å². The van der Waals surface area contributed by atoms with Crippen LogP contribution in [-0.4, -0.2) is 40.5 Å². The smallest absolute Gasteiger partial charge is 0.265 e. The number of sulfonamides is 1. The van der Waals surface area contributed by atoms with E-state index in [0.717, 1.165) is 12.8 Å². The predicted octanol–water partition coefficient (Wildman–Crippen LogP) is 2.50. The molecule has 1 saturated heterocycles. The Kier molecular flexibility index (Phi) is 7.01. The van der Waals surface area contributed by atoms with Gasteiger partial charge in [-0.15, -0.1) is 0 Å². The molecule has 0 unspecified atom stereocenters. The maximum absolute atomic E-state index is 13.0. The summed E-state index contributed by atoms with van der Waals surface area (Å²) in [7, 11) is -1.13. The van der Waals surface area contributed by atoms with E-state index in [1.54, 1.807) is 30.3 Å². The van der Waals surface area contributed by atoms with Crippen LogP contribution in [0.15, 0.2) is 47.4 Å². The van der Waals surface area contributed by atoms with Gasteiger partial charge in [-0.25, -0.2) is 8.42 Å². The van der Waals surface area contributed by atoms with Crippen molar-refractivity contribution >= 4 is 33.2 Å². The third-order valence-electron chi connectivity index (χ3n) is 4.86. The van der Waals surface area contributed by atoms with Crippen LogP contribution in [0.3, 0.4) is 0 Å². The summed E-state index contributed by atoms with van der Waals surface area (Å²) in [6.45, 7) is 0. The van der Waals surface area contributed by atoms with E-state index >= 15 is 0 Å². The van der Waals surface area contributed by atoms with Crippen LogP contribution in [0.2, 0.25) is 0 Å². The number of rotatable bonds is 7. The average Bonchev–Trinajstić information content (AvgIpc) is 2.98. The Balaban J connectivity index is 1.82. The summed E-state index contributed by atoms with van der Waals surface area (Å²) in [5.74, 6) is 0.156. The Labute approximate surface area is 181 Å². The lowest BCUT2D eigenvalue weighted by molar-refractivity contribution is -0.125. The largest absolute Gasteiger partial charge is 0.497 e. The van der Waals surface area contributed by atoms with E-state index in [-0.39, 0.29) is 22.2 Å². The molecule has 0 aliphatic carbocycles. The quantitative estimate of drug-likeness (QED) is 0.599. The van der Waals surface area contributed by atoms with Crippen LogP contribution in [0.4, 0.5) is 11.4 Å². The first-order valence-corrected chi connectivity index (χ1v) is 11.3. The Morgan fingerprint density at radius 1 is 1.03 bits per heavy atom. The van der Waals surface area contributed by atoms with Crippen molar-refractivity contribution in [1.82, 2.24) is 5.32 Å². The molecule has 1 aliphatic heterocycles. The first-order chi connectivity index (χ1) is 14.8. The molecule has 3 rings (SSSR count). The minimum absolute atomic E-state index is 0.127. The number of hydrogen-bond acceptors (Lipinski definition) is 6. The molecule has 31 heavy (non-hydrogen) atoms. The highest BCUT2D eigenvalue weighted by Gasteiger charge is 2.25. The Morgan fingerprint density at radius 2 is 1.74 bits per heavy atom. The number of carbonyl (C=O) groups is 2. The normalized spacial score (nSPS) is 16.6. The second kappa shape index (κ2) is 9.69. The zero-order chi connectivity index (χ0) is 22.4.